The van der Waals surface area contributed by atoms with E-state index in [1.54, 1.807) is 36.5 Å². The van der Waals surface area contributed by atoms with Gasteiger partial charge in [-0.1, -0.05) is 17.7 Å². The summed E-state index contributed by atoms with van der Waals surface area (Å²) in [4.78, 5) is 28.2. The number of aryl methyl sites for hydroxylation is 2. The molecule has 5 nitrogen and oxygen atoms in total. The number of benzene rings is 2. The van der Waals surface area contributed by atoms with E-state index < -0.39 is 0 Å². The van der Waals surface area contributed by atoms with E-state index in [0.717, 1.165) is 16.8 Å². The van der Waals surface area contributed by atoms with E-state index in [9.17, 15) is 9.59 Å². The molecule has 0 aliphatic carbocycles. The van der Waals surface area contributed by atoms with E-state index in [0.29, 0.717) is 22.0 Å². The van der Waals surface area contributed by atoms with Crippen LogP contribution in [0.15, 0.2) is 54.7 Å². The Kier molecular flexibility index (Phi) is 5.76. The van der Waals surface area contributed by atoms with Gasteiger partial charge < -0.3 is 10.6 Å². The molecule has 28 heavy (non-hydrogen) atoms. The Bertz CT molecular complexity index is 1020. The van der Waals surface area contributed by atoms with Crippen LogP contribution in [0.2, 0.25) is 5.02 Å². The number of pyridine rings is 1. The minimum atomic E-state index is -0.343. The predicted octanol–water partition coefficient (Wildman–Crippen LogP) is 5.55. The van der Waals surface area contributed by atoms with Crippen molar-refractivity contribution < 1.29 is 9.59 Å². The average Bonchev–Trinajstić information content (AvgIpc) is 2.65. The zero-order valence-electron chi connectivity index (χ0n) is 15.8. The molecule has 0 aliphatic rings. The molecule has 2 aromatic carbocycles. The maximum absolute atomic E-state index is 12.6. The van der Waals surface area contributed by atoms with E-state index in [1.165, 1.54) is 6.92 Å². The first-order chi connectivity index (χ1) is 13.3. The summed E-state index contributed by atoms with van der Waals surface area (Å²) in [5.41, 5.74) is 4.92. The van der Waals surface area contributed by atoms with Crippen LogP contribution in [0.1, 0.15) is 38.9 Å². The van der Waals surface area contributed by atoms with Crippen LogP contribution in [0.5, 0.6) is 0 Å². The summed E-state index contributed by atoms with van der Waals surface area (Å²) in [6.07, 6.45) is 1.56. The van der Waals surface area contributed by atoms with Crippen LogP contribution in [0.4, 0.5) is 17.1 Å². The molecule has 142 valence electrons. The fraction of sp³-hybridized carbons (Fsp3) is 0.136. The number of carbonyl (C=O) groups excluding carboxylic acids is 2. The molecule has 0 bridgehead atoms. The summed E-state index contributed by atoms with van der Waals surface area (Å²) in [6.45, 7) is 5.37. The lowest BCUT2D eigenvalue weighted by Gasteiger charge is -2.12. The number of Topliss-reactive ketones (excluding diaryl/α,β-unsaturated/α-hetero) is 1. The second kappa shape index (κ2) is 8.23. The van der Waals surface area contributed by atoms with Gasteiger partial charge >= 0.3 is 0 Å². The van der Waals surface area contributed by atoms with Gasteiger partial charge in [0.05, 0.1) is 10.7 Å². The highest BCUT2D eigenvalue weighted by atomic mass is 35.5. The van der Waals surface area contributed by atoms with E-state index in [-0.39, 0.29) is 17.4 Å². The number of amides is 1. The fourth-order valence-corrected chi connectivity index (χ4v) is 3.21. The Morgan fingerprint density at radius 2 is 1.68 bits per heavy atom. The van der Waals surface area contributed by atoms with Crippen LogP contribution in [0, 0.1) is 13.8 Å². The molecule has 0 fully saturated rings. The Hall–Kier alpha value is -3.18. The summed E-state index contributed by atoms with van der Waals surface area (Å²) in [5, 5.41) is 6.53. The van der Waals surface area contributed by atoms with Gasteiger partial charge in [-0.25, -0.2) is 0 Å². The number of anilines is 3. The molecule has 0 radical (unpaired) electrons. The average molecular weight is 394 g/mol. The van der Waals surface area contributed by atoms with Crippen molar-refractivity contribution in [3.8, 4) is 0 Å². The second-order valence-electron chi connectivity index (χ2n) is 6.58. The van der Waals surface area contributed by atoms with E-state index in [2.05, 4.69) is 15.6 Å². The molecule has 0 saturated carbocycles. The molecule has 1 amide bonds. The third-order valence-corrected chi connectivity index (χ3v) is 4.54. The highest BCUT2D eigenvalue weighted by Gasteiger charge is 2.13. The summed E-state index contributed by atoms with van der Waals surface area (Å²) in [6, 6.07) is 14.3. The summed E-state index contributed by atoms with van der Waals surface area (Å²) < 4.78 is 0. The molecule has 1 aromatic heterocycles. The van der Waals surface area contributed by atoms with Gasteiger partial charge in [0.15, 0.2) is 5.78 Å². The minimum absolute atomic E-state index is 0.0134. The standard InChI is InChI=1S/C22H20ClN3O2/c1-13-10-14(2)21(19(23)11-13)26-22(28)20-12-18(8-9-24-20)25-17-6-4-16(5-7-17)15(3)27/h4-12H,1-3H3,(H,24,25)(H,26,28). The monoisotopic (exact) mass is 393 g/mol. The molecule has 3 aromatic rings. The van der Waals surface area contributed by atoms with Crippen molar-refractivity contribution in [2.75, 3.05) is 10.6 Å². The van der Waals surface area contributed by atoms with Gasteiger partial charge in [0, 0.05) is 23.1 Å². The summed E-state index contributed by atoms with van der Waals surface area (Å²) in [5.74, 6) is -0.330. The van der Waals surface area contributed by atoms with Crippen molar-refractivity contribution >= 4 is 40.4 Å². The normalized spacial score (nSPS) is 10.4. The summed E-state index contributed by atoms with van der Waals surface area (Å²) in [7, 11) is 0. The molecule has 0 spiro atoms. The first-order valence-electron chi connectivity index (χ1n) is 8.75. The van der Waals surface area contributed by atoms with Crippen LogP contribution < -0.4 is 10.6 Å². The lowest BCUT2D eigenvalue weighted by atomic mass is 10.1. The van der Waals surface area contributed by atoms with Gasteiger partial charge in [-0.2, -0.15) is 0 Å². The number of aromatic nitrogens is 1. The number of nitrogens with zero attached hydrogens (tertiary/aromatic N) is 1. The molecule has 3 rings (SSSR count). The zero-order chi connectivity index (χ0) is 20.3. The highest BCUT2D eigenvalue weighted by Crippen LogP contribution is 2.28. The molecule has 1 heterocycles. The number of hydrogen-bond acceptors (Lipinski definition) is 4. The first-order valence-corrected chi connectivity index (χ1v) is 9.13. The van der Waals surface area contributed by atoms with Gasteiger partial charge in [-0.3, -0.25) is 14.6 Å². The second-order valence-corrected chi connectivity index (χ2v) is 6.99. The molecule has 0 saturated heterocycles. The molecule has 0 unspecified atom stereocenters. The van der Waals surface area contributed by atoms with E-state index >= 15 is 0 Å². The molecular formula is C22H20ClN3O2. The van der Waals surface area contributed by atoms with Gasteiger partial charge in [-0.15, -0.1) is 0 Å². The van der Waals surface area contributed by atoms with Crippen LogP contribution >= 0.6 is 11.6 Å². The quantitative estimate of drug-likeness (QED) is 0.557. The van der Waals surface area contributed by atoms with Crippen LogP contribution in [0.3, 0.4) is 0 Å². The number of carbonyl (C=O) groups is 2. The first kappa shape index (κ1) is 19.6. The van der Waals surface area contributed by atoms with Gasteiger partial charge in [0.1, 0.15) is 5.69 Å². The smallest absolute Gasteiger partial charge is 0.274 e. The largest absolute Gasteiger partial charge is 0.355 e. The molecular weight excluding hydrogens is 374 g/mol. The van der Waals surface area contributed by atoms with Crippen LogP contribution in [-0.2, 0) is 0 Å². The highest BCUT2D eigenvalue weighted by molar-refractivity contribution is 6.34. The van der Waals surface area contributed by atoms with Crippen molar-refractivity contribution in [2.45, 2.75) is 20.8 Å². The van der Waals surface area contributed by atoms with Crippen molar-refractivity contribution in [2.24, 2.45) is 0 Å². The third kappa shape index (κ3) is 4.56. The molecule has 6 heteroatoms. The molecule has 0 atom stereocenters. The lowest BCUT2D eigenvalue weighted by Crippen LogP contribution is -2.15. The van der Waals surface area contributed by atoms with E-state index in [1.807, 2.05) is 32.0 Å². The number of rotatable bonds is 5. The fourth-order valence-electron chi connectivity index (χ4n) is 2.84. The van der Waals surface area contributed by atoms with Crippen molar-refractivity contribution in [1.82, 2.24) is 4.98 Å². The van der Waals surface area contributed by atoms with E-state index in [4.69, 9.17) is 11.6 Å². The minimum Gasteiger partial charge on any atom is -0.355 e. The van der Waals surface area contributed by atoms with Gasteiger partial charge in [0.2, 0.25) is 0 Å². The Morgan fingerprint density at radius 3 is 2.32 bits per heavy atom. The lowest BCUT2D eigenvalue weighted by molar-refractivity contribution is 0.101. The SMILES string of the molecule is CC(=O)c1ccc(Nc2ccnc(C(=O)Nc3c(C)cc(C)cc3Cl)c2)cc1. The van der Waals surface area contributed by atoms with Crippen molar-refractivity contribution in [1.29, 1.82) is 0 Å². The molecule has 0 aliphatic heterocycles. The predicted molar refractivity (Wildman–Crippen MR) is 113 cm³/mol. The number of ketones is 1. The molecule has 2 N–H and O–H groups in total. The topological polar surface area (TPSA) is 71.1 Å². The third-order valence-electron chi connectivity index (χ3n) is 4.24. The number of hydrogen-bond donors (Lipinski definition) is 2. The summed E-state index contributed by atoms with van der Waals surface area (Å²) >= 11 is 6.27. The zero-order valence-corrected chi connectivity index (χ0v) is 16.6. The van der Waals surface area contributed by atoms with Crippen LogP contribution in [0.25, 0.3) is 0 Å². The van der Waals surface area contributed by atoms with Gasteiger partial charge in [0.25, 0.3) is 5.91 Å². The Balaban J connectivity index is 1.77. The number of halogens is 1. The Labute approximate surface area is 168 Å². The van der Waals surface area contributed by atoms with Crippen molar-refractivity contribution in [3.63, 3.8) is 0 Å². The van der Waals surface area contributed by atoms with Crippen LogP contribution in [-0.4, -0.2) is 16.7 Å². The number of nitrogens with one attached hydrogen (secondary N) is 2. The maximum atomic E-state index is 12.6. The maximum Gasteiger partial charge on any atom is 0.274 e. The van der Waals surface area contributed by atoms with Gasteiger partial charge in [-0.05, 0) is 74.4 Å². The Morgan fingerprint density at radius 1 is 0.964 bits per heavy atom. The van der Waals surface area contributed by atoms with Crippen molar-refractivity contribution in [3.05, 3.63) is 82.1 Å².